The van der Waals surface area contributed by atoms with Gasteiger partial charge >= 0.3 is 0 Å². The van der Waals surface area contributed by atoms with Gasteiger partial charge in [0.25, 0.3) is 11.8 Å². The topological polar surface area (TPSA) is 88.7 Å². The molecule has 2 rings (SSSR count). The Balaban J connectivity index is 1.72. The third-order valence-corrected chi connectivity index (χ3v) is 3.49. The van der Waals surface area contributed by atoms with Crippen molar-refractivity contribution >= 4 is 29.1 Å². The second kappa shape index (κ2) is 9.38. The molecule has 0 unspecified atom stereocenters. The van der Waals surface area contributed by atoms with Gasteiger partial charge in [-0.1, -0.05) is 17.7 Å². The van der Waals surface area contributed by atoms with E-state index in [2.05, 4.69) is 16.2 Å². The summed E-state index contributed by atoms with van der Waals surface area (Å²) in [5.41, 5.74) is 6.30. The molecule has 0 bridgehead atoms. The van der Waals surface area contributed by atoms with Crippen molar-refractivity contribution < 1.29 is 19.1 Å². The Labute approximate surface area is 156 Å². The molecule has 8 heteroatoms. The second-order valence-electron chi connectivity index (χ2n) is 5.29. The van der Waals surface area contributed by atoms with Crippen molar-refractivity contribution in [3.63, 3.8) is 0 Å². The molecule has 7 nitrogen and oxygen atoms in total. The first-order valence-corrected chi connectivity index (χ1v) is 8.12. The number of carbonyl (C=O) groups is 2. The molecule has 0 atom stereocenters. The Kier molecular flexibility index (Phi) is 6.92. The molecule has 0 saturated heterocycles. The Morgan fingerprint density at radius 3 is 2.19 bits per heavy atom. The lowest BCUT2D eigenvalue weighted by Gasteiger charge is -2.11. The van der Waals surface area contributed by atoms with Crippen LogP contribution in [0.4, 0.5) is 0 Å². The van der Waals surface area contributed by atoms with Crippen molar-refractivity contribution in [1.29, 1.82) is 0 Å². The Morgan fingerprint density at radius 2 is 1.58 bits per heavy atom. The highest BCUT2D eigenvalue weighted by atomic mass is 32.1. The number of hydrazine groups is 1. The van der Waals surface area contributed by atoms with Crippen LogP contribution in [0.15, 0.2) is 48.5 Å². The Bertz CT molecular complexity index is 776. The predicted octanol–water partition coefficient (Wildman–Crippen LogP) is 1.72. The molecule has 2 aromatic rings. The third kappa shape index (κ3) is 6.06. The molecule has 0 saturated carbocycles. The molecule has 26 heavy (non-hydrogen) atoms. The van der Waals surface area contributed by atoms with Gasteiger partial charge < -0.3 is 9.47 Å². The molecule has 3 N–H and O–H groups in total. The van der Waals surface area contributed by atoms with Crippen molar-refractivity contribution in [2.75, 3.05) is 13.7 Å². The zero-order valence-corrected chi connectivity index (χ0v) is 15.2. The van der Waals surface area contributed by atoms with Crippen LogP contribution in [0.3, 0.4) is 0 Å². The number of thiocarbonyl (C=S) groups is 1. The fraction of sp³-hybridized carbons (Fsp3) is 0.167. The van der Waals surface area contributed by atoms with Crippen LogP contribution in [0, 0.1) is 6.92 Å². The molecule has 2 aromatic carbocycles. The largest absolute Gasteiger partial charge is 0.497 e. The van der Waals surface area contributed by atoms with E-state index in [1.807, 2.05) is 19.1 Å². The average Bonchev–Trinajstić information content (AvgIpc) is 2.66. The monoisotopic (exact) mass is 373 g/mol. The Hall–Kier alpha value is -3.13. The van der Waals surface area contributed by atoms with E-state index >= 15 is 0 Å². The van der Waals surface area contributed by atoms with Crippen molar-refractivity contribution in [2.45, 2.75) is 6.92 Å². The van der Waals surface area contributed by atoms with Crippen LogP contribution >= 0.6 is 12.2 Å². The van der Waals surface area contributed by atoms with Crippen molar-refractivity contribution in [3.8, 4) is 11.5 Å². The number of nitrogens with one attached hydrogen (secondary N) is 3. The van der Waals surface area contributed by atoms with Gasteiger partial charge in [-0.25, -0.2) is 0 Å². The number of carbonyl (C=O) groups excluding carboxylic acids is 2. The zero-order chi connectivity index (χ0) is 18.9. The van der Waals surface area contributed by atoms with Gasteiger partial charge in [-0.3, -0.25) is 25.8 Å². The number of ether oxygens (including phenoxy) is 2. The van der Waals surface area contributed by atoms with Gasteiger partial charge in [-0.15, -0.1) is 0 Å². The van der Waals surface area contributed by atoms with E-state index in [0.29, 0.717) is 17.1 Å². The summed E-state index contributed by atoms with van der Waals surface area (Å²) in [6.07, 6.45) is 0. The van der Waals surface area contributed by atoms with Gasteiger partial charge in [-0.2, -0.15) is 0 Å². The molecular formula is C18H19N3O4S. The lowest BCUT2D eigenvalue weighted by Crippen LogP contribution is -2.49. The average molecular weight is 373 g/mol. The standard InChI is InChI=1S/C18H19N3O4S/c1-12-3-7-15(8-4-12)25-11-16(22)20-21-18(26)19-17(23)13-5-9-14(24-2)10-6-13/h3-10H,11H2,1-2H3,(H,20,22)(H2,19,21,23,26). The molecule has 0 spiro atoms. The summed E-state index contributed by atoms with van der Waals surface area (Å²) >= 11 is 4.97. The highest BCUT2D eigenvalue weighted by Crippen LogP contribution is 2.11. The summed E-state index contributed by atoms with van der Waals surface area (Å²) in [6.45, 7) is 1.77. The van der Waals surface area contributed by atoms with E-state index in [-0.39, 0.29) is 11.7 Å². The quantitative estimate of drug-likeness (QED) is 0.546. The minimum Gasteiger partial charge on any atom is -0.497 e. The molecule has 2 amide bonds. The number of hydrogen-bond donors (Lipinski definition) is 3. The van der Waals surface area contributed by atoms with Crippen LogP contribution in [0.1, 0.15) is 15.9 Å². The summed E-state index contributed by atoms with van der Waals surface area (Å²) < 4.78 is 10.4. The fourth-order valence-electron chi connectivity index (χ4n) is 1.89. The van der Waals surface area contributed by atoms with E-state index in [9.17, 15) is 9.59 Å². The first-order chi connectivity index (χ1) is 12.5. The van der Waals surface area contributed by atoms with Gasteiger partial charge in [0.15, 0.2) is 11.7 Å². The molecule has 0 aliphatic carbocycles. The second-order valence-corrected chi connectivity index (χ2v) is 5.69. The van der Waals surface area contributed by atoms with Gasteiger partial charge in [-0.05, 0) is 55.5 Å². The number of benzene rings is 2. The van der Waals surface area contributed by atoms with Gasteiger partial charge in [0.05, 0.1) is 7.11 Å². The number of aryl methyl sites for hydroxylation is 1. The van der Waals surface area contributed by atoms with Crippen LogP contribution < -0.4 is 25.6 Å². The first kappa shape index (κ1) is 19.2. The lowest BCUT2D eigenvalue weighted by molar-refractivity contribution is -0.123. The molecule has 136 valence electrons. The minimum absolute atomic E-state index is 0.0329. The highest BCUT2D eigenvalue weighted by molar-refractivity contribution is 7.80. The number of amides is 2. The van der Waals surface area contributed by atoms with Crippen LogP contribution in [-0.4, -0.2) is 30.6 Å². The molecule has 0 heterocycles. The molecule has 0 fully saturated rings. The molecule has 0 aliphatic rings. The highest BCUT2D eigenvalue weighted by Gasteiger charge is 2.09. The third-order valence-electron chi connectivity index (χ3n) is 3.29. The van der Waals surface area contributed by atoms with E-state index in [1.54, 1.807) is 43.5 Å². The van der Waals surface area contributed by atoms with Crippen LogP contribution in [0.2, 0.25) is 0 Å². The smallest absolute Gasteiger partial charge is 0.276 e. The molecular weight excluding hydrogens is 354 g/mol. The summed E-state index contributed by atoms with van der Waals surface area (Å²) in [6, 6.07) is 13.8. The summed E-state index contributed by atoms with van der Waals surface area (Å²) in [5.74, 6) is 0.381. The van der Waals surface area contributed by atoms with E-state index in [1.165, 1.54) is 0 Å². The van der Waals surface area contributed by atoms with Crippen molar-refractivity contribution in [2.24, 2.45) is 0 Å². The van der Waals surface area contributed by atoms with E-state index < -0.39 is 11.8 Å². The van der Waals surface area contributed by atoms with E-state index in [0.717, 1.165) is 5.56 Å². The lowest BCUT2D eigenvalue weighted by atomic mass is 10.2. The molecule has 0 aliphatic heterocycles. The minimum atomic E-state index is -0.438. The van der Waals surface area contributed by atoms with Crippen molar-refractivity contribution in [1.82, 2.24) is 16.2 Å². The van der Waals surface area contributed by atoms with E-state index in [4.69, 9.17) is 21.7 Å². The SMILES string of the molecule is COc1ccc(C(=O)NC(=S)NNC(=O)COc2ccc(C)cc2)cc1. The predicted molar refractivity (Wildman–Crippen MR) is 101 cm³/mol. The van der Waals surface area contributed by atoms with Crippen LogP contribution in [0.5, 0.6) is 11.5 Å². The zero-order valence-electron chi connectivity index (χ0n) is 14.4. The van der Waals surface area contributed by atoms with Crippen LogP contribution in [0.25, 0.3) is 0 Å². The van der Waals surface area contributed by atoms with Crippen LogP contribution in [-0.2, 0) is 4.79 Å². The van der Waals surface area contributed by atoms with Gasteiger partial charge in [0.2, 0.25) is 0 Å². The Morgan fingerprint density at radius 1 is 0.962 bits per heavy atom. The summed E-state index contributed by atoms with van der Waals surface area (Å²) in [7, 11) is 1.54. The maximum absolute atomic E-state index is 12.0. The number of rotatable bonds is 5. The van der Waals surface area contributed by atoms with Gasteiger partial charge in [0, 0.05) is 5.56 Å². The van der Waals surface area contributed by atoms with Crippen molar-refractivity contribution in [3.05, 3.63) is 59.7 Å². The summed E-state index contributed by atoms with van der Waals surface area (Å²) in [4.78, 5) is 23.8. The maximum Gasteiger partial charge on any atom is 0.276 e. The number of hydrogen-bond acceptors (Lipinski definition) is 5. The molecule has 0 aromatic heterocycles. The maximum atomic E-state index is 12.0. The fourth-order valence-corrected chi connectivity index (χ4v) is 2.04. The van der Waals surface area contributed by atoms with Gasteiger partial charge in [0.1, 0.15) is 11.5 Å². The molecule has 0 radical (unpaired) electrons. The first-order valence-electron chi connectivity index (χ1n) is 7.71. The number of methoxy groups -OCH3 is 1. The summed E-state index contributed by atoms with van der Waals surface area (Å²) in [5, 5.41) is 2.42. The normalized spacial score (nSPS) is 9.77.